The highest BCUT2D eigenvalue weighted by atomic mass is 35.5. The first-order chi connectivity index (χ1) is 11.6. The van der Waals surface area contributed by atoms with Crippen molar-refractivity contribution < 1.29 is 14.3 Å². The van der Waals surface area contributed by atoms with Crippen LogP contribution < -0.4 is 5.32 Å². The number of ether oxygens (including phenoxy) is 1. The van der Waals surface area contributed by atoms with Gasteiger partial charge in [0.25, 0.3) is 5.91 Å². The van der Waals surface area contributed by atoms with Crippen LogP contribution in [0.3, 0.4) is 0 Å². The Labute approximate surface area is 144 Å². The van der Waals surface area contributed by atoms with Gasteiger partial charge in [0, 0.05) is 10.7 Å². The molecule has 0 unspecified atom stereocenters. The zero-order valence-electron chi connectivity index (χ0n) is 12.8. The number of nitrogens with one attached hydrogen (secondary N) is 1. The van der Waals surface area contributed by atoms with Gasteiger partial charge in [0.2, 0.25) is 0 Å². The zero-order chi connectivity index (χ0) is 17.4. The monoisotopic (exact) mass is 342 g/mol. The summed E-state index contributed by atoms with van der Waals surface area (Å²) in [4.78, 5) is 23.5. The summed E-state index contributed by atoms with van der Waals surface area (Å²) in [5.41, 5.74) is 2.21. The van der Waals surface area contributed by atoms with Crippen molar-refractivity contribution in [2.45, 2.75) is 12.8 Å². The smallest absolute Gasteiger partial charge is 0.310 e. The molecule has 0 fully saturated rings. The van der Waals surface area contributed by atoms with Gasteiger partial charge in [-0.25, -0.2) is 0 Å². The standard InChI is InChI=1S/C18H15ClN2O3/c19-15-5-1-14(2-6-15)11-18(23)24-12-17(22)21-16-7-3-13(4-8-16)9-10-20/h1-8H,9,11-12H2,(H,21,22). The number of carbonyl (C=O) groups is 2. The summed E-state index contributed by atoms with van der Waals surface area (Å²) < 4.78 is 4.95. The number of nitriles is 1. The Hall–Kier alpha value is -2.84. The molecule has 0 radical (unpaired) electrons. The maximum absolute atomic E-state index is 11.8. The summed E-state index contributed by atoms with van der Waals surface area (Å²) in [6.45, 7) is -0.355. The normalized spacial score (nSPS) is 9.83. The SMILES string of the molecule is N#CCc1ccc(NC(=O)COC(=O)Cc2ccc(Cl)cc2)cc1. The van der Waals surface area contributed by atoms with Crippen LogP contribution in [-0.4, -0.2) is 18.5 Å². The third kappa shape index (κ3) is 5.75. The zero-order valence-corrected chi connectivity index (χ0v) is 13.5. The number of amides is 1. The molecule has 122 valence electrons. The van der Waals surface area contributed by atoms with E-state index >= 15 is 0 Å². The lowest BCUT2D eigenvalue weighted by molar-refractivity contribution is -0.146. The van der Waals surface area contributed by atoms with Crippen LogP contribution in [0.2, 0.25) is 5.02 Å². The van der Waals surface area contributed by atoms with Crippen molar-refractivity contribution in [2.75, 3.05) is 11.9 Å². The Bertz CT molecular complexity index is 749. The highest BCUT2D eigenvalue weighted by Gasteiger charge is 2.09. The highest BCUT2D eigenvalue weighted by Crippen LogP contribution is 2.11. The Morgan fingerprint density at radius 3 is 2.29 bits per heavy atom. The van der Waals surface area contributed by atoms with Crippen LogP contribution in [0.5, 0.6) is 0 Å². The van der Waals surface area contributed by atoms with E-state index in [-0.39, 0.29) is 13.0 Å². The van der Waals surface area contributed by atoms with Crippen LogP contribution in [0.15, 0.2) is 48.5 Å². The van der Waals surface area contributed by atoms with Gasteiger partial charge in [0.05, 0.1) is 18.9 Å². The number of hydrogen-bond acceptors (Lipinski definition) is 4. The fourth-order valence-electron chi connectivity index (χ4n) is 1.96. The molecule has 6 heteroatoms. The molecule has 2 rings (SSSR count). The fourth-order valence-corrected chi connectivity index (χ4v) is 2.09. The molecule has 0 saturated heterocycles. The molecule has 1 amide bonds. The van der Waals surface area contributed by atoms with Crippen LogP contribution in [0.25, 0.3) is 0 Å². The molecule has 0 aliphatic rings. The third-order valence-corrected chi connectivity index (χ3v) is 3.40. The van der Waals surface area contributed by atoms with Crippen molar-refractivity contribution in [3.05, 3.63) is 64.7 Å². The van der Waals surface area contributed by atoms with Gasteiger partial charge in [0.15, 0.2) is 6.61 Å². The van der Waals surface area contributed by atoms with Gasteiger partial charge in [-0.2, -0.15) is 5.26 Å². The predicted octanol–water partition coefficient (Wildman–Crippen LogP) is 3.13. The van der Waals surface area contributed by atoms with Gasteiger partial charge >= 0.3 is 5.97 Å². The van der Waals surface area contributed by atoms with Crippen LogP contribution in [0, 0.1) is 11.3 Å². The molecule has 0 heterocycles. The molecule has 0 bridgehead atoms. The van der Waals surface area contributed by atoms with E-state index in [4.69, 9.17) is 21.6 Å². The Kier molecular flexibility index (Phi) is 6.35. The molecular weight excluding hydrogens is 328 g/mol. The van der Waals surface area contributed by atoms with Crippen molar-refractivity contribution in [3.63, 3.8) is 0 Å². The second-order valence-electron chi connectivity index (χ2n) is 5.04. The summed E-state index contributed by atoms with van der Waals surface area (Å²) in [5.74, 6) is -0.913. The topological polar surface area (TPSA) is 79.2 Å². The van der Waals surface area contributed by atoms with Crippen molar-refractivity contribution in [1.82, 2.24) is 0 Å². The fraction of sp³-hybridized carbons (Fsp3) is 0.167. The highest BCUT2D eigenvalue weighted by molar-refractivity contribution is 6.30. The van der Waals surface area contributed by atoms with Gasteiger partial charge in [-0.1, -0.05) is 35.9 Å². The molecule has 2 aromatic carbocycles. The van der Waals surface area contributed by atoms with Gasteiger partial charge in [-0.05, 0) is 35.4 Å². The molecular formula is C18H15ClN2O3. The molecule has 24 heavy (non-hydrogen) atoms. The number of nitrogens with zero attached hydrogens (tertiary/aromatic N) is 1. The van der Waals surface area contributed by atoms with E-state index in [1.807, 2.05) is 6.07 Å². The number of rotatable bonds is 6. The summed E-state index contributed by atoms with van der Waals surface area (Å²) in [6.07, 6.45) is 0.393. The maximum atomic E-state index is 11.8. The number of esters is 1. The van der Waals surface area contributed by atoms with Gasteiger partial charge < -0.3 is 10.1 Å². The molecule has 5 nitrogen and oxygen atoms in total. The van der Waals surface area contributed by atoms with E-state index in [1.165, 1.54) is 0 Å². The van der Waals surface area contributed by atoms with E-state index in [0.717, 1.165) is 11.1 Å². The number of hydrogen-bond donors (Lipinski definition) is 1. The minimum atomic E-state index is -0.489. The first-order valence-corrected chi connectivity index (χ1v) is 7.60. The largest absolute Gasteiger partial charge is 0.455 e. The molecule has 1 N–H and O–H groups in total. The van der Waals surface area contributed by atoms with Crippen molar-refractivity contribution in [3.8, 4) is 6.07 Å². The Morgan fingerprint density at radius 2 is 1.67 bits per heavy atom. The first-order valence-electron chi connectivity index (χ1n) is 7.22. The first kappa shape index (κ1) is 17.5. The Morgan fingerprint density at radius 1 is 1.04 bits per heavy atom. The second-order valence-corrected chi connectivity index (χ2v) is 5.48. The van der Waals surface area contributed by atoms with E-state index < -0.39 is 11.9 Å². The van der Waals surface area contributed by atoms with E-state index in [0.29, 0.717) is 17.1 Å². The molecule has 2 aromatic rings. The van der Waals surface area contributed by atoms with Crippen LogP contribution in [-0.2, 0) is 27.2 Å². The van der Waals surface area contributed by atoms with Gasteiger partial charge in [0.1, 0.15) is 0 Å². The summed E-state index contributed by atoms with van der Waals surface area (Å²) >= 11 is 5.77. The van der Waals surface area contributed by atoms with Crippen molar-refractivity contribution >= 4 is 29.2 Å². The molecule has 0 aliphatic carbocycles. The number of halogens is 1. The molecule has 0 atom stereocenters. The van der Waals surface area contributed by atoms with Crippen molar-refractivity contribution in [2.24, 2.45) is 0 Å². The quantitative estimate of drug-likeness (QED) is 0.818. The number of carbonyl (C=O) groups excluding carboxylic acids is 2. The predicted molar refractivity (Wildman–Crippen MR) is 90.5 cm³/mol. The average molecular weight is 343 g/mol. The van der Waals surface area contributed by atoms with Crippen molar-refractivity contribution in [1.29, 1.82) is 5.26 Å². The second kappa shape index (κ2) is 8.70. The Balaban J connectivity index is 1.77. The summed E-state index contributed by atoms with van der Waals surface area (Å²) in [5, 5.41) is 11.8. The van der Waals surface area contributed by atoms with E-state index in [1.54, 1.807) is 48.5 Å². The number of anilines is 1. The molecule has 0 spiro atoms. The number of benzene rings is 2. The van der Waals surface area contributed by atoms with Gasteiger partial charge in [-0.15, -0.1) is 0 Å². The van der Waals surface area contributed by atoms with Gasteiger partial charge in [-0.3, -0.25) is 9.59 Å². The molecule has 0 aromatic heterocycles. The van der Waals surface area contributed by atoms with E-state index in [9.17, 15) is 9.59 Å². The lowest BCUT2D eigenvalue weighted by Crippen LogP contribution is -2.21. The lowest BCUT2D eigenvalue weighted by atomic mass is 10.1. The summed E-state index contributed by atoms with van der Waals surface area (Å²) in [7, 11) is 0. The van der Waals surface area contributed by atoms with Crippen LogP contribution in [0.4, 0.5) is 5.69 Å². The molecule has 0 aliphatic heterocycles. The minimum absolute atomic E-state index is 0.0767. The van der Waals surface area contributed by atoms with E-state index in [2.05, 4.69) is 5.32 Å². The van der Waals surface area contributed by atoms with Crippen LogP contribution in [0.1, 0.15) is 11.1 Å². The minimum Gasteiger partial charge on any atom is -0.455 e. The average Bonchev–Trinajstić information content (AvgIpc) is 2.57. The lowest BCUT2D eigenvalue weighted by Gasteiger charge is -2.07. The molecule has 0 saturated carbocycles. The third-order valence-electron chi connectivity index (χ3n) is 3.15. The summed E-state index contributed by atoms with van der Waals surface area (Å²) in [6, 6.07) is 15.8. The van der Waals surface area contributed by atoms with Crippen LogP contribution >= 0.6 is 11.6 Å². The maximum Gasteiger partial charge on any atom is 0.310 e.